The predicted octanol–water partition coefficient (Wildman–Crippen LogP) is 4.87. The van der Waals surface area contributed by atoms with Crippen LogP contribution in [-0.4, -0.2) is 24.2 Å². The van der Waals surface area contributed by atoms with Crippen LogP contribution in [0.5, 0.6) is 0 Å². The summed E-state index contributed by atoms with van der Waals surface area (Å²) in [5, 5.41) is 3.07. The van der Waals surface area contributed by atoms with E-state index >= 15 is 0 Å². The number of carbonyl (C=O) groups excluding carboxylic acids is 1. The number of nitrogen functional groups attached to an aromatic ring is 1. The molecule has 5 nitrogen and oxygen atoms in total. The molecule has 0 aliphatic heterocycles. The number of aromatic nitrogens is 1. The first-order chi connectivity index (χ1) is 14.1. The summed E-state index contributed by atoms with van der Waals surface area (Å²) in [5.41, 5.74) is 11.7. The van der Waals surface area contributed by atoms with Gasteiger partial charge in [0.2, 0.25) is 0 Å². The van der Waals surface area contributed by atoms with E-state index in [0.29, 0.717) is 23.1 Å². The van der Waals surface area contributed by atoms with Crippen LogP contribution in [0.15, 0.2) is 66.7 Å². The number of carbonyl (C=O) groups is 1. The van der Waals surface area contributed by atoms with E-state index < -0.39 is 6.09 Å². The normalized spacial score (nSPS) is 12.6. The molecule has 3 aromatic rings. The average Bonchev–Trinajstić information content (AvgIpc) is 3.06. The molecule has 29 heavy (non-hydrogen) atoms. The number of amides is 1. The third-order valence-corrected chi connectivity index (χ3v) is 5.12. The van der Waals surface area contributed by atoms with Crippen molar-refractivity contribution in [3.8, 4) is 11.1 Å². The van der Waals surface area contributed by atoms with Gasteiger partial charge in [-0.15, -0.1) is 0 Å². The Balaban J connectivity index is 1.34. The molecule has 1 aliphatic carbocycles. The van der Waals surface area contributed by atoms with Gasteiger partial charge >= 0.3 is 6.09 Å². The Morgan fingerprint density at radius 2 is 1.72 bits per heavy atom. The Kier molecular flexibility index (Phi) is 5.49. The van der Waals surface area contributed by atoms with Gasteiger partial charge in [0.05, 0.1) is 11.4 Å². The zero-order valence-electron chi connectivity index (χ0n) is 15.6. The van der Waals surface area contributed by atoms with Gasteiger partial charge in [-0.2, -0.15) is 0 Å². The van der Waals surface area contributed by atoms with Crippen LogP contribution in [-0.2, 0) is 4.74 Å². The van der Waals surface area contributed by atoms with Gasteiger partial charge in [-0.05, 0) is 40.5 Å². The lowest BCUT2D eigenvalue weighted by atomic mass is 9.98. The molecule has 146 valence electrons. The van der Waals surface area contributed by atoms with Crippen LogP contribution in [0.1, 0.15) is 22.7 Å². The molecule has 0 radical (unpaired) electrons. The van der Waals surface area contributed by atoms with Crippen molar-refractivity contribution in [3.05, 3.63) is 88.7 Å². The summed E-state index contributed by atoms with van der Waals surface area (Å²) >= 11 is 5.87. The number of anilines is 1. The minimum absolute atomic E-state index is 0.0409. The lowest BCUT2D eigenvalue weighted by Crippen LogP contribution is -2.26. The fraction of sp³-hybridized carbons (Fsp3) is 0.130. The van der Waals surface area contributed by atoms with Crippen molar-refractivity contribution < 1.29 is 9.53 Å². The van der Waals surface area contributed by atoms with Crippen molar-refractivity contribution in [3.63, 3.8) is 0 Å². The molecular formula is C23H20ClN3O2. The molecule has 3 N–H and O–H groups in total. The highest BCUT2D eigenvalue weighted by Gasteiger charge is 2.28. The Bertz CT molecular complexity index is 1040. The van der Waals surface area contributed by atoms with Gasteiger partial charge in [0, 0.05) is 12.5 Å². The van der Waals surface area contributed by atoms with Crippen molar-refractivity contribution in [2.24, 2.45) is 0 Å². The van der Waals surface area contributed by atoms with Crippen molar-refractivity contribution in [2.45, 2.75) is 5.92 Å². The van der Waals surface area contributed by atoms with Crippen molar-refractivity contribution in [1.82, 2.24) is 10.3 Å². The number of hydrogen-bond donors (Lipinski definition) is 2. The van der Waals surface area contributed by atoms with E-state index in [0.717, 1.165) is 0 Å². The molecule has 0 fully saturated rings. The maximum atomic E-state index is 12.1. The van der Waals surface area contributed by atoms with E-state index in [1.54, 1.807) is 24.3 Å². The van der Waals surface area contributed by atoms with Gasteiger partial charge in [0.1, 0.15) is 11.8 Å². The summed E-state index contributed by atoms with van der Waals surface area (Å²) in [6.45, 7) is 0.580. The summed E-state index contributed by atoms with van der Waals surface area (Å²) in [7, 11) is 0. The minimum Gasteiger partial charge on any atom is -0.449 e. The SMILES string of the molecule is Nc1ccc(Cl)nc1C=CCNC(=O)OCC1c2ccccc2-c2ccccc21. The van der Waals surface area contributed by atoms with Gasteiger partial charge in [-0.1, -0.05) is 66.2 Å². The summed E-state index contributed by atoms with van der Waals surface area (Å²) in [6, 6.07) is 19.8. The van der Waals surface area contributed by atoms with E-state index in [-0.39, 0.29) is 12.5 Å². The summed E-state index contributed by atoms with van der Waals surface area (Å²) in [4.78, 5) is 16.3. The van der Waals surface area contributed by atoms with Gasteiger partial charge in [0.25, 0.3) is 0 Å². The molecule has 4 rings (SSSR count). The highest BCUT2D eigenvalue weighted by Crippen LogP contribution is 2.44. The zero-order valence-corrected chi connectivity index (χ0v) is 16.4. The Morgan fingerprint density at radius 1 is 1.07 bits per heavy atom. The Morgan fingerprint density at radius 3 is 2.41 bits per heavy atom. The smallest absolute Gasteiger partial charge is 0.407 e. The molecule has 2 aromatic carbocycles. The quantitative estimate of drug-likeness (QED) is 0.593. The zero-order chi connectivity index (χ0) is 20.2. The number of benzene rings is 2. The van der Waals surface area contributed by atoms with E-state index in [1.807, 2.05) is 24.3 Å². The van der Waals surface area contributed by atoms with E-state index in [4.69, 9.17) is 22.1 Å². The number of nitrogens with one attached hydrogen (secondary N) is 1. The molecule has 1 aromatic heterocycles. The molecule has 0 saturated heterocycles. The number of ether oxygens (including phenoxy) is 1. The third kappa shape index (κ3) is 4.10. The first kappa shape index (κ1) is 19.0. The summed E-state index contributed by atoms with van der Waals surface area (Å²) < 4.78 is 5.49. The molecule has 1 heterocycles. The highest BCUT2D eigenvalue weighted by atomic mass is 35.5. The lowest BCUT2D eigenvalue weighted by Gasteiger charge is -2.14. The molecule has 6 heteroatoms. The molecular weight excluding hydrogens is 386 g/mol. The number of alkyl carbamates (subject to hydrolysis) is 1. The number of halogens is 1. The van der Waals surface area contributed by atoms with Crippen LogP contribution >= 0.6 is 11.6 Å². The number of fused-ring (bicyclic) bond motifs is 3. The van der Waals surface area contributed by atoms with Gasteiger partial charge in [-0.3, -0.25) is 0 Å². The second kappa shape index (κ2) is 8.37. The third-order valence-electron chi connectivity index (χ3n) is 4.91. The van der Waals surface area contributed by atoms with Crippen molar-refractivity contribution in [2.75, 3.05) is 18.9 Å². The first-order valence-corrected chi connectivity index (χ1v) is 9.68. The average molecular weight is 406 g/mol. The fourth-order valence-electron chi connectivity index (χ4n) is 3.56. The predicted molar refractivity (Wildman–Crippen MR) is 116 cm³/mol. The van der Waals surface area contributed by atoms with Gasteiger partial charge in [-0.25, -0.2) is 9.78 Å². The minimum atomic E-state index is -0.469. The molecule has 0 unspecified atom stereocenters. The van der Waals surface area contributed by atoms with Gasteiger partial charge in [0.15, 0.2) is 0 Å². The van der Waals surface area contributed by atoms with E-state index in [1.165, 1.54) is 22.3 Å². The number of rotatable bonds is 5. The Labute approximate surface area is 174 Å². The highest BCUT2D eigenvalue weighted by molar-refractivity contribution is 6.29. The molecule has 0 bridgehead atoms. The van der Waals surface area contributed by atoms with E-state index in [2.05, 4.69) is 34.6 Å². The van der Waals surface area contributed by atoms with Crippen LogP contribution in [0.4, 0.5) is 10.5 Å². The van der Waals surface area contributed by atoms with Crippen molar-refractivity contribution in [1.29, 1.82) is 0 Å². The van der Waals surface area contributed by atoms with Crippen LogP contribution < -0.4 is 11.1 Å². The molecule has 1 aliphatic rings. The van der Waals surface area contributed by atoms with E-state index in [9.17, 15) is 4.79 Å². The van der Waals surface area contributed by atoms with Crippen LogP contribution in [0.2, 0.25) is 5.15 Å². The first-order valence-electron chi connectivity index (χ1n) is 9.31. The molecule has 1 amide bonds. The maximum Gasteiger partial charge on any atom is 0.407 e. The van der Waals surface area contributed by atoms with Crippen LogP contribution in [0, 0.1) is 0 Å². The fourth-order valence-corrected chi connectivity index (χ4v) is 3.71. The van der Waals surface area contributed by atoms with Crippen molar-refractivity contribution >= 4 is 29.5 Å². The molecule has 0 spiro atoms. The van der Waals surface area contributed by atoms with Crippen LogP contribution in [0.3, 0.4) is 0 Å². The van der Waals surface area contributed by atoms with Gasteiger partial charge < -0.3 is 15.8 Å². The number of hydrogen-bond acceptors (Lipinski definition) is 4. The van der Waals surface area contributed by atoms with Crippen LogP contribution in [0.25, 0.3) is 17.2 Å². The maximum absolute atomic E-state index is 12.1. The Hall–Kier alpha value is -3.31. The topological polar surface area (TPSA) is 77.2 Å². The number of nitrogens with zero attached hydrogens (tertiary/aromatic N) is 1. The lowest BCUT2D eigenvalue weighted by molar-refractivity contribution is 0.144. The summed E-state index contributed by atoms with van der Waals surface area (Å²) in [6.07, 6.45) is 2.99. The largest absolute Gasteiger partial charge is 0.449 e. The molecule has 0 saturated carbocycles. The monoisotopic (exact) mass is 405 g/mol. The number of pyridine rings is 1. The summed E-state index contributed by atoms with van der Waals surface area (Å²) in [5.74, 6) is 0.0409. The standard InChI is InChI=1S/C23H20ClN3O2/c24-22-12-11-20(25)21(27-22)10-5-13-26-23(28)29-14-19-17-8-3-1-6-15(17)16-7-2-4-9-18(16)19/h1-12,19H,13-14,25H2,(H,26,28). The second-order valence-corrected chi connectivity index (χ2v) is 7.10. The number of nitrogens with two attached hydrogens (primary N) is 1. The molecule has 0 atom stereocenters. The second-order valence-electron chi connectivity index (χ2n) is 6.72.